The van der Waals surface area contributed by atoms with E-state index in [0.29, 0.717) is 44.9 Å². The fraction of sp³-hybridized carbons (Fsp3) is 0. The van der Waals surface area contributed by atoms with E-state index >= 15 is 0 Å². The Kier molecular flexibility index (Phi) is 6.88. The lowest BCUT2D eigenvalue weighted by Crippen LogP contribution is -2.00. The molecule has 5 heterocycles. The molecule has 0 spiro atoms. The second kappa shape index (κ2) is 11.5. The van der Waals surface area contributed by atoms with E-state index in [-0.39, 0.29) is 11.1 Å². The summed E-state index contributed by atoms with van der Waals surface area (Å²) >= 11 is 0. The lowest BCUT2D eigenvalue weighted by atomic mass is 9.98. The third-order valence-corrected chi connectivity index (χ3v) is 8.45. The second-order valence-corrected chi connectivity index (χ2v) is 11.5. The van der Waals surface area contributed by atoms with Gasteiger partial charge in [-0.1, -0.05) is 72.8 Å². The normalized spacial score (nSPS) is 11.9. The number of hydrogen-bond acceptors (Lipinski definition) is 4. The van der Waals surface area contributed by atoms with Gasteiger partial charge in [0.05, 0.1) is 39.4 Å². The highest BCUT2D eigenvalue weighted by Gasteiger charge is 2.20. The number of benzene rings is 3. The quantitative estimate of drug-likeness (QED) is 0.151. The summed E-state index contributed by atoms with van der Waals surface area (Å²) in [5.41, 5.74) is 10.1. The third kappa shape index (κ3) is 5.07. The van der Waals surface area contributed by atoms with Crippen molar-refractivity contribution >= 4 is 58.3 Å². The van der Waals surface area contributed by atoms with E-state index in [2.05, 4.69) is 9.97 Å². The monoisotopic (exact) mass is 626 g/mol. The van der Waals surface area contributed by atoms with Crippen molar-refractivity contribution in [1.82, 2.24) is 19.9 Å². The Labute approximate surface area is 274 Å². The molecule has 3 aromatic carbocycles. The topological polar surface area (TPSA) is 132 Å². The molecule has 2 aliphatic rings. The molecule has 3 aromatic heterocycles. The van der Waals surface area contributed by atoms with Crippen molar-refractivity contribution in [3.63, 3.8) is 0 Å². The summed E-state index contributed by atoms with van der Waals surface area (Å²) in [6.07, 6.45) is 7.42. The first-order chi connectivity index (χ1) is 23.4. The van der Waals surface area contributed by atoms with E-state index in [1.54, 1.807) is 36.4 Å². The van der Waals surface area contributed by atoms with Gasteiger partial charge in [-0.2, -0.15) is 0 Å². The molecular formula is C40H26N4O4. The van der Waals surface area contributed by atoms with E-state index in [4.69, 9.17) is 9.97 Å². The molecule has 0 saturated carbocycles. The van der Waals surface area contributed by atoms with Gasteiger partial charge in [0.25, 0.3) is 0 Å². The SMILES string of the molecule is O=C(O)c1cccc(-c2cc3cc4nc(c(C(=O)O)c5ccc([nH]5)c(-c5ccccc5)c5nc(c(-c6ccccc6)c2[nH]3)C=C5)C=C4)c1. The Hall–Kier alpha value is -6.80. The van der Waals surface area contributed by atoms with Crippen LogP contribution in [0.5, 0.6) is 0 Å². The second-order valence-electron chi connectivity index (χ2n) is 11.5. The molecule has 8 heteroatoms. The van der Waals surface area contributed by atoms with Gasteiger partial charge in [-0.25, -0.2) is 19.6 Å². The number of carboxylic acids is 2. The number of H-pyrrole nitrogens is 2. The van der Waals surface area contributed by atoms with Gasteiger partial charge in [0.15, 0.2) is 0 Å². The van der Waals surface area contributed by atoms with Crippen LogP contribution < -0.4 is 0 Å². The number of aromatic carboxylic acids is 2. The third-order valence-electron chi connectivity index (χ3n) is 8.45. The molecule has 4 N–H and O–H groups in total. The maximum Gasteiger partial charge on any atom is 0.340 e. The van der Waals surface area contributed by atoms with Crippen LogP contribution in [0.3, 0.4) is 0 Å². The minimum atomic E-state index is -1.10. The molecule has 8 nitrogen and oxygen atoms in total. The van der Waals surface area contributed by atoms with E-state index < -0.39 is 11.9 Å². The zero-order valence-corrected chi connectivity index (χ0v) is 25.3. The number of fused-ring (bicyclic) bond motifs is 8. The summed E-state index contributed by atoms with van der Waals surface area (Å²) < 4.78 is 0. The molecule has 0 amide bonds. The van der Waals surface area contributed by atoms with Crippen LogP contribution in [0.15, 0.2) is 109 Å². The van der Waals surface area contributed by atoms with Crippen LogP contribution in [0.4, 0.5) is 0 Å². The van der Waals surface area contributed by atoms with Gasteiger partial charge in [0.1, 0.15) is 5.56 Å². The van der Waals surface area contributed by atoms with Gasteiger partial charge in [0, 0.05) is 27.7 Å². The number of carbonyl (C=O) groups is 2. The highest BCUT2D eigenvalue weighted by Crippen LogP contribution is 2.38. The molecule has 0 fully saturated rings. The van der Waals surface area contributed by atoms with Crippen LogP contribution in [0, 0.1) is 0 Å². The minimum Gasteiger partial charge on any atom is -0.478 e. The predicted octanol–water partition coefficient (Wildman–Crippen LogP) is 9.05. The summed E-state index contributed by atoms with van der Waals surface area (Å²) in [6.45, 7) is 0. The Morgan fingerprint density at radius 1 is 0.542 bits per heavy atom. The number of carboxylic acid groups (broad SMARTS) is 2. The van der Waals surface area contributed by atoms with Crippen molar-refractivity contribution in [2.24, 2.45) is 0 Å². The molecule has 0 unspecified atom stereocenters. The maximum absolute atomic E-state index is 12.6. The predicted molar refractivity (Wildman–Crippen MR) is 189 cm³/mol. The van der Waals surface area contributed by atoms with Crippen LogP contribution >= 0.6 is 0 Å². The van der Waals surface area contributed by atoms with Crippen LogP contribution in [-0.4, -0.2) is 42.1 Å². The molecule has 0 saturated heterocycles. The van der Waals surface area contributed by atoms with Gasteiger partial charge in [-0.05, 0) is 77.4 Å². The molecule has 230 valence electrons. The summed E-state index contributed by atoms with van der Waals surface area (Å²) in [7, 11) is 0. The highest BCUT2D eigenvalue weighted by molar-refractivity contribution is 6.03. The molecule has 8 bridgehead atoms. The highest BCUT2D eigenvalue weighted by atomic mass is 16.4. The zero-order valence-electron chi connectivity index (χ0n) is 25.3. The van der Waals surface area contributed by atoms with Crippen molar-refractivity contribution in [3.05, 3.63) is 143 Å². The lowest BCUT2D eigenvalue weighted by molar-refractivity contribution is 0.0686. The minimum absolute atomic E-state index is 0.0506. The Morgan fingerprint density at radius 2 is 1.19 bits per heavy atom. The van der Waals surface area contributed by atoms with Gasteiger partial charge in [-0.15, -0.1) is 0 Å². The standard InChI is InChI=1S/C40H26N4O4/c45-39(46)26-13-7-12-25(20-26)29-22-28-21-27-14-15-33(41-27)37(40(47)48)34-19-17-31(44-34)35(23-8-3-1-4-9-23)30-16-18-32(43-30)36(38(29)42-28)24-10-5-2-6-11-24/h1-22,42,44H,(H,45,46)(H,47,48). The molecular weight excluding hydrogens is 600 g/mol. The average molecular weight is 627 g/mol. The van der Waals surface area contributed by atoms with Crippen molar-refractivity contribution in [2.45, 2.75) is 0 Å². The Balaban J connectivity index is 1.58. The van der Waals surface area contributed by atoms with Gasteiger partial charge in [-0.3, -0.25) is 0 Å². The maximum atomic E-state index is 12.6. The fourth-order valence-electron chi connectivity index (χ4n) is 6.32. The van der Waals surface area contributed by atoms with Crippen molar-refractivity contribution < 1.29 is 19.8 Å². The van der Waals surface area contributed by atoms with Crippen molar-refractivity contribution in [3.8, 4) is 33.4 Å². The van der Waals surface area contributed by atoms with E-state index in [1.807, 2.05) is 97.1 Å². The Morgan fingerprint density at radius 3 is 1.90 bits per heavy atom. The first-order valence-corrected chi connectivity index (χ1v) is 15.3. The first kappa shape index (κ1) is 28.7. The average Bonchev–Trinajstić information content (AvgIpc) is 3.92. The van der Waals surface area contributed by atoms with Gasteiger partial charge in [0.2, 0.25) is 0 Å². The van der Waals surface area contributed by atoms with Crippen LogP contribution in [0.1, 0.15) is 43.5 Å². The molecule has 0 aliphatic carbocycles. The number of aromatic amines is 2. The largest absolute Gasteiger partial charge is 0.478 e. The van der Waals surface area contributed by atoms with Gasteiger partial charge >= 0.3 is 11.9 Å². The Bertz CT molecular complexity index is 2510. The molecule has 6 aromatic rings. The zero-order chi connectivity index (χ0) is 32.8. The van der Waals surface area contributed by atoms with Crippen molar-refractivity contribution in [1.29, 1.82) is 0 Å². The number of rotatable bonds is 5. The van der Waals surface area contributed by atoms with Crippen LogP contribution in [0.2, 0.25) is 0 Å². The van der Waals surface area contributed by atoms with Crippen molar-refractivity contribution in [2.75, 3.05) is 0 Å². The number of nitrogens with one attached hydrogen (secondary N) is 2. The molecule has 0 radical (unpaired) electrons. The van der Waals surface area contributed by atoms with E-state index in [0.717, 1.165) is 33.3 Å². The molecule has 8 rings (SSSR count). The van der Waals surface area contributed by atoms with Crippen LogP contribution in [-0.2, 0) is 0 Å². The summed E-state index contributed by atoms with van der Waals surface area (Å²) in [5.74, 6) is -2.12. The summed E-state index contributed by atoms with van der Waals surface area (Å²) in [5, 5.41) is 20.1. The number of hydrogen-bond donors (Lipinski definition) is 4. The molecule has 0 atom stereocenters. The van der Waals surface area contributed by atoms with Crippen LogP contribution in [0.25, 0.3) is 79.8 Å². The summed E-state index contributed by atoms with van der Waals surface area (Å²) in [6, 6.07) is 34.1. The first-order valence-electron chi connectivity index (χ1n) is 15.3. The smallest absolute Gasteiger partial charge is 0.340 e. The fourth-order valence-corrected chi connectivity index (χ4v) is 6.32. The molecule has 2 aliphatic heterocycles. The lowest BCUT2D eigenvalue weighted by Gasteiger charge is -2.08. The van der Waals surface area contributed by atoms with E-state index in [9.17, 15) is 19.8 Å². The van der Waals surface area contributed by atoms with Gasteiger partial charge < -0.3 is 20.2 Å². The van der Waals surface area contributed by atoms with E-state index in [1.165, 1.54) is 0 Å². The number of nitrogens with zero attached hydrogens (tertiary/aromatic N) is 2. The molecule has 48 heavy (non-hydrogen) atoms. The number of aromatic nitrogens is 4. The summed E-state index contributed by atoms with van der Waals surface area (Å²) in [4.78, 5) is 41.4.